The number of aromatic amines is 1. The highest BCUT2D eigenvalue weighted by Crippen LogP contribution is 2.39. The van der Waals surface area contributed by atoms with Crippen LogP contribution in [0.25, 0.3) is 0 Å². The molecule has 0 saturated carbocycles. The zero-order chi connectivity index (χ0) is 17.2. The molecule has 10 heteroatoms. The number of nitrogens with zero attached hydrogens (tertiary/aromatic N) is 1. The maximum Gasteiger partial charge on any atom is 0.330 e. The highest BCUT2D eigenvalue weighted by Gasteiger charge is 2.58. The average Bonchev–Trinajstić information content (AvgIpc) is 2.71. The Bertz CT molecular complexity index is 643. The largest absolute Gasteiger partial charge is 0.394 e. The van der Waals surface area contributed by atoms with Gasteiger partial charge in [0.05, 0.1) is 19.3 Å². The smallest absolute Gasteiger partial charge is 0.330 e. The first-order chi connectivity index (χ1) is 10.8. The molecule has 1 unspecified atom stereocenters. The second kappa shape index (κ2) is 6.91. The standard InChI is InChI=1S/C13H20N2O8/c1-7(6-21-2)23-13(20)10(18)8(5-16)22-11(13)15-4-3-9(17)14-12(15)19/h3-4,7-8,10-11,16,18,20H,5-6H2,1-2H3,(H,14,17,19)/t7?,8-,10-,11+,13+/m1/s1. The molecule has 10 nitrogen and oxygen atoms in total. The lowest BCUT2D eigenvalue weighted by molar-refractivity contribution is -0.298. The molecule has 1 aromatic rings. The van der Waals surface area contributed by atoms with Crippen LogP contribution in [0, 0.1) is 0 Å². The van der Waals surface area contributed by atoms with E-state index >= 15 is 0 Å². The molecule has 0 aromatic carbocycles. The highest BCUT2D eigenvalue weighted by atomic mass is 16.7. The Balaban J connectivity index is 2.41. The van der Waals surface area contributed by atoms with Crippen molar-refractivity contribution in [3.8, 4) is 0 Å². The van der Waals surface area contributed by atoms with Gasteiger partial charge in [0.15, 0.2) is 6.23 Å². The normalized spacial score (nSPS) is 32.1. The number of hydrogen-bond donors (Lipinski definition) is 4. The Kier molecular flexibility index (Phi) is 5.34. The molecule has 1 aromatic heterocycles. The molecule has 1 fully saturated rings. The van der Waals surface area contributed by atoms with Crippen molar-refractivity contribution in [1.29, 1.82) is 0 Å². The molecule has 5 atom stereocenters. The Morgan fingerprint density at radius 2 is 2.22 bits per heavy atom. The number of H-pyrrole nitrogens is 1. The molecule has 23 heavy (non-hydrogen) atoms. The zero-order valence-electron chi connectivity index (χ0n) is 12.7. The fraction of sp³-hybridized carbons (Fsp3) is 0.692. The van der Waals surface area contributed by atoms with Crippen molar-refractivity contribution in [3.05, 3.63) is 33.1 Å². The van der Waals surface area contributed by atoms with E-state index in [4.69, 9.17) is 14.2 Å². The van der Waals surface area contributed by atoms with E-state index < -0.39 is 48.2 Å². The third-order valence-electron chi connectivity index (χ3n) is 3.51. The number of rotatable bonds is 6. The quantitative estimate of drug-likeness (QED) is 0.420. The monoisotopic (exact) mass is 332 g/mol. The first kappa shape index (κ1) is 17.8. The van der Waals surface area contributed by atoms with Crippen molar-refractivity contribution in [2.24, 2.45) is 0 Å². The van der Waals surface area contributed by atoms with Crippen molar-refractivity contribution in [2.45, 2.75) is 37.3 Å². The third-order valence-corrected chi connectivity index (χ3v) is 3.51. The summed E-state index contributed by atoms with van der Waals surface area (Å²) in [6, 6.07) is 1.06. The number of aliphatic hydroxyl groups excluding tert-OH is 2. The topological polar surface area (TPSA) is 143 Å². The number of aliphatic hydroxyl groups is 3. The van der Waals surface area contributed by atoms with Gasteiger partial charge in [-0.25, -0.2) is 4.79 Å². The fourth-order valence-electron chi connectivity index (χ4n) is 2.49. The Morgan fingerprint density at radius 3 is 2.78 bits per heavy atom. The average molecular weight is 332 g/mol. The molecule has 1 aliphatic heterocycles. The van der Waals surface area contributed by atoms with Crippen LogP contribution in [-0.4, -0.2) is 69.3 Å². The van der Waals surface area contributed by atoms with E-state index in [9.17, 15) is 24.9 Å². The second-order valence-corrected chi connectivity index (χ2v) is 5.31. The molecular weight excluding hydrogens is 312 g/mol. The van der Waals surface area contributed by atoms with Gasteiger partial charge in [0.2, 0.25) is 5.79 Å². The maximum absolute atomic E-state index is 11.9. The predicted molar refractivity (Wildman–Crippen MR) is 75.7 cm³/mol. The molecule has 0 bridgehead atoms. The van der Waals surface area contributed by atoms with E-state index in [0.717, 1.165) is 16.8 Å². The zero-order valence-corrected chi connectivity index (χ0v) is 12.7. The van der Waals surface area contributed by atoms with Crippen LogP contribution in [0.3, 0.4) is 0 Å². The molecule has 0 amide bonds. The minimum atomic E-state index is -2.31. The van der Waals surface area contributed by atoms with Gasteiger partial charge in [0.25, 0.3) is 5.56 Å². The van der Waals surface area contributed by atoms with Crippen LogP contribution in [0.5, 0.6) is 0 Å². The van der Waals surface area contributed by atoms with Crippen LogP contribution < -0.4 is 11.2 Å². The fourth-order valence-corrected chi connectivity index (χ4v) is 2.49. The molecule has 2 rings (SSSR count). The summed E-state index contributed by atoms with van der Waals surface area (Å²) in [7, 11) is 1.44. The second-order valence-electron chi connectivity index (χ2n) is 5.31. The molecular formula is C13H20N2O8. The van der Waals surface area contributed by atoms with Crippen LogP contribution >= 0.6 is 0 Å². The minimum Gasteiger partial charge on any atom is -0.394 e. The number of ether oxygens (including phenoxy) is 3. The summed E-state index contributed by atoms with van der Waals surface area (Å²) >= 11 is 0. The van der Waals surface area contributed by atoms with Gasteiger partial charge in [-0.05, 0) is 6.92 Å². The summed E-state index contributed by atoms with van der Waals surface area (Å²) < 4.78 is 16.6. The van der Waals surface area contributed by atoms with Crippen LogP contribution in [0.1, 0.15) is 13.2 Å². The maximum atomic E-state index is 11.9. The van der Waals surface area contributed by atoms with Crippen molar-refractivity contribution in [1.82, 2.24) is 9.55 Å². The molecule has 1 aliphatic rings. The lowest BCUT2D eigenvalue weighted by Gasteiger charge is -2.33. The van der Waals surface area contributed by atoms with Crippen molar-refractivity contribution >= 4 is 0 Å². The van der Waals surface area contributed by atoms with Crippen LogP contribution in [0.15, 0.2) is 21.9 Å². The van der Waals surface area contributed by atoms with Gasteiger partial charge in [-0.15, -0.1) is 0 Å². The van der Waals surface area contributed by atoms with Crippen LogP contribution in [0.2, 0.25) is 0 Å². The van der Waals surface area contributed by atoms with Gasteiger partial charge in [0.1, 0.15) is 12.2 Å². The summed E-state index contributed by atoms with van der Waals surface area (Å²) in [5.41, 5.74) is -1.48. The summed E-state index contributed by atoms with van der Waals surface area (Å²) in [5, 5.41) is 30.2. The van der Waals surface area contributed by atoms with Gasteiger partial charge < -0.3 is 29.5 Å². The number of hydrogen-bond acceptors (Lipinski definition) is 8. The lowest BCUT2D eigenvalue weighted by atomic mass is 10.1. The summed E-state index contributed by atoms with van der Waals surface area (Å²) in [4.78, 5) is 25.1. The van der Waals surface area contributed by atoms with Gasteiger partial charge in [0, 0.05) is 19.4 Å². The SMILES string of the molecule is COCC(C)O[C@@]1(O)[C@H](O)[C@@H](CO)O[C@@H]1n1ccc(=O)[nH]c1=O. The van der Waals surface area contributed by atoms with E-state index in [1.165, 1.54) is 7.11 Å². The Labute approximate surface area is 130 Å². The highest BCUT2D eigenvalue weighted by molar-refractivity contribution is 4.98. The van der Waals surface area contributed by atoms with Gasteiger partial charge in [-0.3, -0.25) is 14.3 Å². The number of nitrogens with one attached hydrogen (secondary N) is 1. The molecule has 1 saturated heterocycles. The third kappa shape index (κ3) is 3.37. The lowest BCUT2D eigenvalue weighted by Crippen LogP contribution is -2.53. The molecule has 130 valence electrons. The predicted octanol–water partition coefficient (Wildman–Crippen LogP) is -2.47. The van der Waals surface area contributed by atoms with E-state index in [1.807, 2.05) is 4.98 Å². The Morgan fingerprint density at radius 1 is 1.52 bits per heavy atom. The van der Waals surface area contributed by atoms with Crippen molar-refractivity contribution < 1.29 is 29.5 Å². The summed E-state index contributed by atoms with van der Waals surface area (Å²) in [6.07, 6.45) is -3.78. The molecule has 4 N–H and O–H groups in total. The van der Waals surface area contributed by atoms with Crippen molar-refractivity contribution in [2.75, 3.05) is 20.3 Å². The Hall–Kier alpha value is -1.56. The molecule has 2 heterocycles. The summed E-state index contributed by atoms with van der Waals surface area (Å²) in [6.45, 7) is 1.11. The molecule has 0 aliphatic carbocycles. The van der Waals surface area contributed by atoms with Gasteiger partial charge in [-0.2, -0.15) is 0 Å². The first-order valence-electron chi connectivity index (χ1n) is 6.98. The van der Waals surface area contributed by atoms with Crippen LogP contribution in [-0.2, 0) is 14.2 Å². The van der Waals surface area contributed by atoms with Crippen LogP contribution in [0.4, 0.5) is 0 Å². The van der Waals surface area contributed by atoms with E-state index in [0.29, 0.717) is 0 Å². The number of aromatic nitrogens is 2. The summed E-state index contributed by atoms with van der Waals surface area (Å²) in [5.74, 6) is -2.31. The minimum absolute atomic E-state index is 0.117. The molecule has 0 spiro atoms. The number of methoxy groups -OCH3 is 1. The van der Waals surface area contributed by atoms with E-state index in [-0.39, 0.29) is 6.61 Å². The van der Waals surface area contributed by atoms with Gasteiger partial charge in [-0.1, -0.05) is 0 Å². The molecule has 0 radical (unpaired) electrons. The van der Waals surface area contributed by atoms with E-state index in [1.54, 1.807) is 6.92 Å². The van der Waals surface area contributed by atoms with Crippen molar-refractivity contribution in [3.63, 3.8) is 0 Å². The van der Waals surface area contributed by atoms with Gasteiger partial charge >= 0.3 is 5.69 Å². The van der Waals surface area contributed by atoms with E-state index in [2.05, 4.69) is 0 Å². The first-order valence-corrected chi connectivity index (χ1v) is 6.98.